The van der Waals surface area contributed by atoms with Crippen LogP contribution in [0.3, 0.4) is 0 Å². The number of nitrogens with zero attached hydrogens (tertiary/aromatic N) is 4. The molecule has 0 aliphatic carbocycles. The van der Waals surface area contributed by atoms with Gasteiger partial charge in [-0.1, -0.05) is 26.0 Å². The Morgan fingerprint density at radius 3 is 2.76 bits per heavy atom. The van der Waals surface area contributed by atoms with E-state index in [2.05, 4.69) is 49.8 Å². The molecule has 4 aliphatic rings. The summed E-state index contributed by atoms with van der Waals surface area (Å²) in [5.74, 6) is -3.60. The number of nitrogens with one attached hydrogen (secondary N) is 4. The van der Waals surface area contributed by atoms with Crippen LogP contribution in [0.1, 0.15) is 46.7 Å². The number of aromatic nitrogens is 2. The van der Waals surface area contributed by atoms with E-state index in [1.54, 1.807) is 12.1 Å². The SMILES string of the molecule is CC1(C)CCOc2c(C(=O)NC3CN4C(N)=N[C@@H](CNC(=O)c5cc(=O)[nH]cn5)C5N=C(N)NC54C3(O)O)cccc21. The first-order chi connectivity index (χ1) is 19.8. The van der Waals surface area contributed by atoms with Crippen LogP contribution in [0.15, 0.2) is 45.4 Å². The molecule has 5 heterocycles. The van der Waals surface area contributed by atoms with Gasteiger partial charge in [-0.05, 0) is 17.9 Å². The monoisotopic (exact) mass is 580 g/mol. The van der Waals surface area contributed by atoms with Gasteiger partial charge in [0.25, 0.3) is 17.4 Å². The Morgan fingerprint density at radius 2 is 2.00 bits per heavy atom. The molecule has 4 atom stereocenters. The number of para-hydroxylation sites is 1. The number of benzene rings is 1. The molecule has 0 saturated carbocycles. The molecule has 1 aromatic heterocycles. The maximum atomic E-state index is 13.6. The summed E-state index contributed by atoms with van der Waals surface area (Å²) in [5, 5.41) is 31.6. The predicted molar refractivity (Wildman–Crippen MR) is 149 cm³/mol. The van der Waals surface area contributed by atoms with Gasteiger partial charge in [0.15, 0.2) is 17.6 Å². The summed E-state index contributed by atoms with van der Waals surface area (Å²) in [6, 6.07) is 3.13. The molecule has 3 unspecified atom stereocenters. The second-order valence-corrected chi connectivity index (χ2v) is 11.4. The molecule has 0 bridgehead atoms. The molecule has 1 aromatic carbocycles. The van der Waals surface area contributed by atoms with Gasteiger partial charge in [-0.2, -0.15) is 0 Å². The molecule has 16 nitrogen and oxygen atoms in total. The maximum absolute atomic E-state index is 13.6. The van der Waals surface area contributed by atoms with Crippen molar-refractivity contribution in [2.24, 2.45) is 21.5 Å². The van der Waals surface area contributed by atoms with E-state index < -0.39 is 46.9 Å². The maximum Gasteiger partial charge on any atom is 0.270 e. The molecule has 16 heteroatoms. The standard InChI is InChI=1S/C26H32N10O6/c1-24(2)6-7-42-18-12(4-3-5-13(18)24)20(38)33-16-10-36-23(28)32-15(9-29-21(39)14-8-17(37)31-11-30-14)19-25(36,26(16,40)41)35-22(27)34-19/h3-5,8,11,15-16,19,40-41H,6-7,9-10H2,1-2H3,(H2,28,32)(H,29,39)(H,33,38)(H3,27,34,35)(H,30,31,37)/t15-,16?,19?,25?/m0/s1. The number of fused-ring (bicyclic) bond motifs is 1. The third kappa shape index (κ3) is 4.05. The Hall–Kier alpha value is -4.70. The highest BCUT2D eigenvalue weighted by Crippen LogP contribution is 2.45. The highest BCUT2D eigenvalue weighted by Gasteiger charge is 2.73. The molecule has 2 aromatic rings. The lowest BCUT2D eigenvalue weighted by Gasteiger charge is -2.49. The van der Waals surface area contributed by atoms with Crippen molar-refractivity contribution in [1.82, 2.24) is 30.8 Å². The highest BCUT2D eigenvalue weighted by molar-refractivity contribution is 5.98. The molecule has 222 valence electrons. The van der Waals surface area contributed by atoms with Crippen LogP contribution < -0.4 is 37.7 Å². The number of H-pyrrole nitrogens is 1. The number of rotatable bonds is 5. The molecule has 1 fully saturated rings. The lowest BCUT2D eigenvalue weighted by molar-refractivity contribution is -0.230. The number of amides is 2. The van der Waals surface area contributed by atoms with Gasteiger partial charge < -0.3 is 52.3 Å². The van der Waals surface area contributed by atoms with Gasteiger partial charge in [0.05, 0.1) is 24.5 Å². The Bertz CT molecular complexity index is 1590. The van der Waals surface area contributed by atoms with E-state index in [4.69, 9.17) is 16.2 Å². The summed E-state index contributed by atoms with van der Waals surface area (Å²) in [4.78, 5) is 54.2. The van der Waals surface area contributed by atoms with E-state index in [0.29, 0.717) is 12.4 Å². The van der Waals surface area contributed by atoms with E-state index in [1.165, 1.54) is 4.90 Å². The molecule has 6 rings (SSSR count). The third-order valence-electron chi connectivity index (χ3n) is 8.45. The molecular weight excluding hydrogens is 548 g/mol. The van der Waals surface area contributed by atoms with Crippen LogP contribution in [0.4, 0.5) is 0 Å². The molecule has 1 saturated heterocycles. The number of hydrogen-bond acceptors (Lipinski definition) is 13. The quantitative estimate of drug-likeness (QED) is 0.166. The van der Waals surface area contributed by atoms with Crippen molar-refractivity contribution in [3.8, 4) is 5.75 Å². The van der Waals surface area contributed by atoms with Crippen LogP contribution >= 0.6 is 0 Å². The lowest BCUT2D eigenvalue weighted by Crippen LogP contribution is -2.78. The largest absolute Gasteiger partial charge is 0.492 e. The summed E-state index contributed by atoms with van der Waals surface area (Å²) in [5.41, 5.74) is 10.9. The smallest absolute Gasteiger partial charge is 0.270 e. The molecular formula is C26H32N10O6. The van der Waals surface area contributed by atoms with Crippen molar-refractivity contribution in [2.75, 3.05) is 19.7 Å². The fourth-order valence-corrected chi connectivity index (χ4v) is 6.22. The van der Waals surface area contributed by atoms with Gasteiger partial charge in [0.1, 0.15) is 23.5 Å². The molecule has 4 aliphatic heterocycles. The van der Waals surface area contributed by atoms with Crippen molar-refractivity contribution in [1.29, 1.82) is 0 Å². The average molecular weight is 581 g/mol. The molecule has 10 N–H and O–H groups in total. The van der Waals surface area contributed by atoms with Crippen molar-refractivity contribution >= 4 is 23.7 Å². The van der Waals surface area contributed by atoms with Crippen LogP contribution in [-0.4, -0.2) is 98.1 Å². The van der Waals surface area contributed by atoms with E-state index >= 15 is 0 Å². The number of nitrogens with two attached hydrogens (primary N) is 2. The van der Waals surface area contributed by atoms with Crippen LogP contribution in [-0.2, 0) is 5.41 Å². The Labute approximate surface area is 239 Å². The number of carbonyl (C=O) groups is 2. The first-order valence-corrected chi connectivity index (χ1v) is 13.4. The summed E-state index contributed by atoms with van der Waals surface area (Å²) in [6.07, 6.45) is 1.89. The minimum Gasteiger partial charge on any atom is -0.492 e. The van der Waals surface area contributed by atoms with Crippen LogP contribution in [0.5, 0.6) is 5.75 Å². The topological polar surface area (TPSA) is 246 Å². The molecule has 42 heavy (non-hydrogen) atoms. The Kier molecular flexibility index (Phi) is 6.16. The van der Waals surface area contributed by atoms with Crippen molar-refractivity contribution < 1.29 is 24.5 Å². The summed E-state index contributed by atoms with van der Waals surface area (Å²) < 4.78 is 5.88. The summed E-state index contributed by atoms with van der Waals surface area (Å²) >= 11 is 0. The summed E-state index contributed by atoms with van der Waals surface area (Å²) in [7, 11) is 0. The van der Waals surface area contributed by atoms with Gasteiger partial charge in [-0.25, -0.2) is 15.0 Å². The second kappa shape index (κ2) is 9.42. The second-order valence-electron chi connectivity index (χ2n) is 11.4. The molecule has 2 amide bonds. The number of guanidine groups is 2. The molecule has 1 spiro atoms. The number of hydrogen-bond donors (Lipinski definition) is 8. The van der Waals surface area contributed by atoms with E-state index in [1.807, 2.05) is 6.07 Å². The molecule has 0 radical (unpaired) electrons. The number of aromatic amines is 1. The van der Waals surface area contributed by atoms with Gasteiger partial charge in [-0.3, -0.25) is 14.4 Å². The highest BCUT2D eigenvalue weighted by atomic mass is 16.5. The lowest BCUT2D eigenvalue weighted by atomic mass is 9.79. The fourth-order valence-electron chi connectivity index (χ4n) is 6.22. The van der Waals surface area contributed by atoms with Crippen LogP contribution in [0.2, 0.25) is 0 Å². The van der Waals surface area contributed by atoms with Crippen LogP contribution in [0.25, 0.3) is 0 Å². The van der Waals surface area contributed by atoms with Crippen molar-refractivity contribution in [3.05, 3.63) is 57.8 Å². The number of aliphatic imine (C=N–C) groups is 2. The van der Waals surface area contributed by atoms with Crippen molar-refractivity contribution in [2.45, 2.75) is 55.3 Å². The van der Waals surface area contributed by atoms with E-state index in [0.717, 1.165) is 24.4 Å². The first kappa shape index (κ1) is 27.5. The van der Waals surface area contributed by atoms with Gasteiger partial charge in [0, 0.05) is 24.7 Å². The van der Waals surface area contributed by atoms with Gasteiger partial charge in [-0.15, -0.1) is 0 Å². The number of carbonyl (C=O) groups excluding carboxylic acids is 2. The number of aliphatic hydroxyl groups is 2. The average Bonchev–Trinajstić information content (AvgIpc) is 3.40. The number of ether oxygens (including phenoxy) is 1. The first-order valence-electron chi connectivity index (χ1n) is 13.4. The van der Waals surface area contributed by atoms with Gasteiger partial charge in [0.2, 0.25) is 5.79 Å². The van der Waals surface area contributed by atoms with E-state index in [-0.39, 0.29) is 41.7 Å². The zero-order valence-corrected chi connectivity index (χ0v) is 22.9. The van der Waals surface area contributed by atoms with Crippen molar-refractivity contribution in [3.63, 3.8) is 0 Å². The minimum absolute atomic E-state index is 0.0800. The third-order valence-corrected chi connectivity index (χ3v) is 8.45. The predicted octanol–water partition coefficient (Wildman–Crippen LogP) is -2.97. The summed E-state index contributed by atoms with van der Waals surface area (Å²) in [6.45, 7) is 4.30. The van der Waals surface area contributed by atoms with E-state index in [9.17, 15) is 24.6 Å². The van der Waals surface area contributed by atoms with Gasteiger partial charge >= 0.3 is 0 Å². The van der Waals surface area contributed by atoms with Crippen LogP contribution in [0, 0.1) is 0 Å². The minimum atomic E-state index is -2.66. The Morgan fingerprint density at radius 1 is 1.21 bits per heavy atom. The Balaban J connectivity index is 1.26. The zero-order chi connectivity index (χ0) is 30.0. The zero-order valence-electron chi connectivity index (χ0n) is 22.9. The fraction of sp³-hybridized carbons (Fsp3) is 0.462. The normalized spacial score (nSPS) is 28.2.